The Hall–Kier alpha value is -2.18. The zero-order valence-electron chi connectivity index (χ0n) is 10.4. The molecule has 0 radical (unpaired) electrons. The average molecular weight is 291 g/mol. The summed E-state index contributed by atoms with van der Waals surface area (Å²) in [5, 5.41) is 4.07. The number of halogens is 1. The van der Waals surface area contributed by atoms with Crippen molar-refractivity contribution in [3.8, 4) is 0 Å². The first kappa shape index (κ1) is 12.8. The molecule has 1 fully saturated rings. The SMILES string of the molecule is [N-]=[N+]=NCC1CC(=O)N(c2nc3ccc(F)cc3s2)C1. The third-order valence-corrected chi connectivity index (χ3v) is 4.22. The number of carbonyl (C=O) groups is 1. The predicted octanol–water partition coefficient (Wildman–Crippen LogP) is 3.10. The van der Waals surface area contributed by atoms with Gasteiger partial charge in [0.15, 0.2) is 5.13 Å². The molecule has 0 saturated carbocycles. The summed E-state index contributed by atoms with van der Waals surface area (Å²) < 4.78 is 13.9. The molecule has 20 heavy (non-hydrogen) atoms. The molecule has 1 aromatic carbocycles. The van der Waals surface area contributed by atoms with E-state index in [4.69, 9.17) is 5.53 Å². The molecule has 8 heteroatoms. The van der Waals surface area contributed by atoms with E-state index in [1.54, 1.807) is 11.0 Å². The zero-order valence-corrected chi connectivity index (χ0v) is 11.2. The van der Waals surface area contributed by atoms with Crippen molar-refractivity contribution in [2.45, 2.75) is 6.42 Å². The Bertz CT molecular complexity index is 724. The van der Waals surface area contributed by atoms with Crippen LogP contribution in [-0.4, -0.2) is 24.0 Å². The van der Waals surface area contributed by atoms with Crippen LogP contribution in [0.2, 0.25) is 0 Å². The van der Waals surface area contributed by atoms with E-state index in [-0.39, 0.29) is 17.6 Å². The Morgan fingerprint density at radius 1 is 1.60 bits per heavy atom. The molecule has 2 aromatic rings. The number of azide groups is 1. The Kier molecular flexibility index (Phi) is 3.25. The van der Waals surface area contributed by atoms with E-state index < -0.39 is 0 Å². The number of nitrogens with zero attached hydrogens (tertiary/aromatic N) is 5. The highest BCUT2D eigenvalue weighted by atomic mass is 32.1. The minimum atomic E-state index is -0.318. The van der Waals surface area contributed by atoms with Crippen molar-refractivity contribution in [1.29, 1.82) is 0 Å². The molecule has 6 nitrogen and oxygen atoms in total. The maximum absolute atomic E-state index is 13.2. The number of aromatic nitrogens is 1. The molecule has 0 N–H and O–H groups in total. The van der Waals surface area contributed by atoms with Gasteiger partial charge in [0, 0.05) is 24.4 Å². The van der Waals surface area contributed by atoms with E-state index in [1.807, 2.05) is 0 Å². The summed E-state index contributed by atoms with van der Waals surface area (Å²) >= 11 is 1.29. The van der Waals surface area contributed by atoms with E-state index in [0.717, 1.165) is 0 Å². The van der Waals surface area contributed by atoms with Gasteiger partial charge in [-0.2, -0.15) is 0 Å². The number of thiazole rings is 1. The van der Waals surface area contributed by atoms with E-state index >= 15 is 0 Å². The third kappa shape index (κ3) is 2.31. The van der Waals surface area contributed by atoms with Crippen LogP contribution in [0.4, 0.5) is 9.52 Å². The number of benzene rings is 1. The fourth-order valence-electron chi connectivity index (χ4n) is 2.24. The predicted molar refractivity (Wildman–Crippen MR) is 74.1 cm³/mol. The molecular weight excluding hydrogens is 281 g/mol. The second-order valence-electron chi connectivity index (χ2n) is 4.60. The van der Waals surface area contributed by atoms with Crippen molar-refractivity contribution in [3.63, 3.8) is 0 Å². The summed E-state index contributed by atoms with van der Waals surface area (Å²) in [6.45, 7) is 0.790. The molecule has 1 amide bonds. The molecule has 1 unspecified atom stereocenters. The molecule has 1 atom stereocenters. The first-order valence-electron chi connectivity index (χ1n) is 6.04. The van der Waals surface area contributed by atoms with Crippen LogP contribution in [0.15, 0.2) is 23.3 Å². The zero-order chi connectivity index (χ0) is 14.1. The molecule has 1 saturated heterocycles. The standard InChI is InChI=1S/C12H10FN5OS/c13-8-1-2-9-10(4-8)20-12(16-9)18-6-7(3-11(18)19)5-15-17-14/h1-2,4,7H,3,5-6H2. The van der Waals surface area contributed by atoms with Gasteiger partial charge in [0.1, 0.15) is 5.82 Å². The summed E-state index contributed by atoms with van der Waals surface area (Å²) in [5.41, 5.74) is 8.99. The van der Waals surface area contributed by atoms with Crippen LogP contribution in [0.25, 0.3) is 20.7 Å². The topological polar surface area (TPSA) is 82.0 Å². The largest absolute Gasteiger partial charge is 0.288 e. The van der Waals surface area contributed by atoms with Crippen molar-refractivity contribution in [3.05, 3.63) is 34.5 Å². The fraction of sp³-hybridized carbons (Fsp3) is 0.333. The van der Waals surface area contributed by atoms with E-state index in [2.05, 4.69) is 15.0 Å². The Morgan fingerprint density at radius 3 is 3.25 bits per heavy atom. The van der Waals surface area contributed by atoms with Crippen LogP contribution in [0.1, 0.15) is 6.42 Å². The van der Waals surface area contributed by atoms with Crippen LogP contribution in [0.3, 0.4) is 0 Å². The smallest absolute Gasteiger partial charge is 0.229 e. The van der Waals surface area contributed by atoms with E-state index in [0.29, 0.717) is 34.9 Å². The van der Waals surface area contributed by atoms with E-state index in [9.17, 15) is 9.18 Å². The number of anilines is 1. The molecule has 1 aliphatic rings. The monoisotopic (exact) mass is 291 g/mol. The van der Waals surface area contributed by atoms with Gasteiger partial charge < -0.3 is 0 Å². The van der Waals surface area contributed by atoms with Crippen LogP contribution in [-0.2, 0) is 4.79 Å². The Balaban J connectivity index is 1.87. The van der Waals surface area contributed by atoms with Gasteiger partial charge in [-0.15, -0.1) is 0 Å². The van der Waals surface area contributed by atoms with Crippen LogP contribution >= 0.6 is 11.3 Å². The minimum absolute atomic E-state index is 0.0159. The second kappa shape index (κ2) is 5.07. The lowest BCUT2D eigenvalue weighted by Gasteiger charge is -2.11. The van der Waals surface area contributed by atoms with Gasteiger partial charge in [0.05, 0.1) is 10.2 Å². The van der Waals surface area contributed by atoms with Crippen molar-refractivity contribution < 1.29 is 9.18 Å². The first-order valence-corrected chi connectivity index (χ1v) is 6.86. The number of hydrogen-bond acceptors (Lipinski definition) is 4. The molecule has 3 rings (SSSR count). The van der Waals surface area contributed by atoms with Crippen molar-refractivity contribution in [2.24, 2.45) is 11.0 Å². The molecule has 102 valence electrons. The van der Waals surface area contributed by atoms with Gasteiger partial charge >= 0.3 is 0 Å². The lowest BCUT2D eigenvalue weighted by atomic mass is 10.1. The molecule has 0 aliphatic carbocycles. The molecule has 2 heterocycles. The molecule has 0 bridgehead atoms. The number of rotatable bonds is 3. The maximum Gasteiger partial charge on any atom is 0.229 e. The molecular formula is C12H10FN5OS. The van der Waals surface area contributed by atoms with Gasteiger partial charge in [0.25, 0.3) is 0 Å². The lowest BCUT2D eigenvalue weighted by Crippen LogP contribution is -2.24. The summed E-state index contributed by atoms with van der Waals surface area (Å²) in [5.74, 6) is -0.341. The van der Waals surface area contributed by atoms with Gasteiger partial charge in [-0.05, 0) is 29.6 Å². The van der Waals surface area contributed by atoms with Crippen molar-refractivity contribution in [2.75, 3.05) is 18.0 Å². The average Bonchev–Trinajstić information content (AvgIpc) is 2.99. The first-order chi connectivity index (χ1) is 9.67. The van der Waals surface area contributed by atoms with Gasteiger partial charge in [-0.3, -0.25) is 9.69 Å². The van der Waals surface area contributed by atoms with Gasteiger partial charge in [0.2, 0.25) is 5.91 Å². The molecule has 1 aliphatic heterocycles. The number of carbonyl (C=O) groups excluding carboxylic acids is 1. The highest BCUT2D eigenvalue weighted by Crippen LogP contribution is 2.33. The minimum Gasteiger partial charge on any atom is -0.288 e. The fourth-order valence-corrected chi connectivity index (χ4v) is 3.26. The normalized spacial score (nSPS) is 18.6. The number of amides is 1. The van der Waals surface area contributed by atoms with Crippen molar-refractivity contribution >= 4 is 32.6 Å². The second-order valence-corrected chi connectivity index (χ2v) is 5.61. The van der Waals surface area contributed by atoms with Gasteiger partial charge in [-0.25, -0.2) is 9.37 Å². The van der Waals surface area contributed by atoms with Crippen molar-refractivity contribution in [1.82, 2.24) is 4.98 Å². The van der Waals surface area contributed by atoms with Gasteiger partial charge in [-0.1, -0.05) is 16.5 Å². The Labute approximate surface area is 117 Å². The summed E-state index contributed by atoms with van der Waals surface area (Å²) in [6, 6.07) is 4.36. The highest BCUT2D eigenvalue weighted by molar-refractivity contribution is 7.22. The number of fused-ring (bicyclic) bond motifs is 1. The molecule has 0 spiro atoms. The Morgan fingerprint density at radius 2 is 2.45 bits per heavy atom. The van der Waals surface area contributed by atoms with E-state index in [1.165, 1.54) is 23.5 Å². The quantitative estimate of drug-likeness (QED) is 0.494. The van der Waals surface area contributed by atoms with Crippen LogP contribution in [0.5, 0.6) is 0 Å². The van der Waals surface area contributed by atoms with Crippen LogP contribution in [0, 0.1) is 11.7 Å². The third-order valence-electron chi connectivity index (χ3n) is 3.18. The highest BCUT2D eigenvalue weighted by Gasteiger charge is 2.31. The number of hydrogen-bond donors (Lipinski definition) is 0. The van der Waals surface area contributed by atoms with Crippen LogP contribution < -0.4 is 4.90 Å². The lowest BCUT2D eigenvalue weighted by molar-refractivity contribution is -0.117. The summed E-state index contributed by atoms with van der Waals surface area (Å²) in [7, 11) is 0. The molecule has 1 aromatic heterocycles. The summed E-state index contributed by atoms with van der Waals surface area (Å²) in [6.07, 6.45) is 0.351. The maximum atomic E-state index is 13.2. The summed E-state index contributed by atoms with van der Waals surface area (Å²) in [4.78, 5) is 20.6.